The highest BCUT2D eigenvalue weighted by Gasteiger charge is 2.07. The summed E-state index contributed by atoms with van der Waals surface area (Å²) in [6.45, 7) is 5.89. The number of methoxy groups -OCH3 is 1. The molecular formula is C16H18N2O. The fraction of sp³-hybridized carbons (Fsp3) is 0.188. The van der Waals surface area contributed by atoms with Crippen molar-refractivity contribution in [1.82, 2.24) is 4.98 Å². The van der Waals surface area contributed by atoms with E-state index in [2.05, 4.69) is 16.9 Å². The molecule has 19 heavy (non-hydrogen) atoms. The van der Waals surface area contributed by atoms with Crippen molar-refractivity contribution in [3.05, 3.63) is 66.4 Å². The van der Waals surface area contributed by atoms with Crippen molar-refractivity contribution in [3.8, 4) is 5.75 Å². The Morgan fingerprint density at radius 3 is 2.47 bits per heavy atom. The maximum Gasteiger partial charge on any atom is 0.126 e. The molecule has 0 radical (unpaired) electrons. The second-order valence-corrected chi connectivity index (χ2v) is 4.35. The molecule has 98 valence electrons. The first kappa shape index (κ1) is 13.1. The lowest BCUT2D eigenvalue weighted by molar-refractivity contribution is 0.414. The average Bonchev–Trinajstić information content (AvgIpc) is 2.47. The fourth-order valence-electron chi connectivity index (χ4n) is 1.80. The molecule has 0 aliphatic heterocycles. The zero-order chi connectivity index (χ0) is 13.7. The molecule has 1 unspecified atom stereocenters. The van der Waals surface area contributed by atoms with Gasteiger partial charge in [0.05, 0.1) is 13.2 Å². The summed E-state index contributed by atoms with van der Waals surface area (Å²) in [6.07, 6.45) is 3.71. The lowest BCUT2D eigenvalue weighted by atomic mass is 10.1. The monoisotopic (exact) mass is 254 g/mol. The lowest BCUT2D eigenvalue weighted by Gasteiger charge is -2.16. The maximum absolute atomic E-state index is 5.16. The van der Waals surface area contributed by atoms with Crippen LogP contribution in [-0.4, -0.2) is 12.1 Å². The molecule has 0 fully saturated rings. The Morgan fingerprint density at radius 1 is 1.21 bits per heavy atom. The van der Waals surface area contributed by atoms with Crippen LogP contribution in [0.2, 0.25) is 0 Å². The quantitative estimate of drug-likeness (QED) is 0.825. The predicted molar refractivity (Wildman–Crippen MR) is 78.5 cm³/mol. The van der Waals surface area contributed by atoms with Gasteiger partial charge in [0.15, 0.2) is 0 Å². The number of benzene rings is 1. The first-order valence-electron chi connectivity index (χ1n) is 6.18. The molecule has 0 saturated heterocycles. The van der Waals surface area contributed by atoms with E-state index in [1.807, 2.05) is 55.6 Å². The van der Waals surface area contributed by atoms with Gasteiger partial charge >= 0.3 is 0 Å². The Balaban J connectivity index is 2.14. The molecule has 0 aliphatic carbocycles. The van der Waals surface area contributed by atoms with Crippen molar-refractivity contribution in [2.75, 3.05) is 12.4 Å². The molecule has 0 aliphatic rings. The van der Waals surface area contributed by atoms with Gasteiger partial charge in [0.2, 0.25) is 0 Å². The van der Waals surface area contributed by atoms with Gasteiger partial charge < -0.3 is 10.1 Å². The summed E-state index contributed by atoms with van der Waals surface area (Å²) < 4.78 is 5.16. The van der Waals surface area contributed by atoms with Gasteiger partial charge in [-0.25, -0.2) is 4.98 Å². The van der Waals surface area contributed by atoms with Gasteiger partial charge in [-0.2, -0.15) is 0 Å². The van der Waals surface area contributed by atoms with Crippen molar-refractivity contribution in [3.63, 3.8) is 0 Å². The number of ether oxygens (including phenoxy) is 1. The van der Waals surface area contributed by atoms with Crippen LogP contribution in [0, 0.1) is 6.92 Å². The van der Waals surface area contributed by atoms with Crippen LogP contribution in [0.25, 0.3) is 0 Å². The van der Waals surface area contributed by atoms with Crippen LogP contribution in [0.3, 0.4) is 0 Å². The molecule has 1 N–H and O–H groups in total. The Labute approximate surface area is 114 Å². The van der Waals surface area contributed by atoms with Crippen molar-refractivity contribution in [2.24, 2.45) is 0 Å². The van der Waals surface area contributed by atoms with E-state index in [1.54, 1.807) is 7.11 Å². The lowest BCUT2D eigenvalue weighted by Crippen LogP contribution is -2.08. The third kappa shape index (κ3) is 3.35. The number of aryl methyl sites for hydroxylation is 1. The summed E-state index contributed by atoms with van der Waals surface area (Å²) in [6, 6.07) is 11.9. The van der Waals surface area contributed by atoms with Crippen LogP contribution in [0.1, 0.15) is 17.2 Å². The maximum atomic E-state index is 5.16. The van der Waals surface area contributed by atoms with Crippen LogP contribution in [0.5, 0.6) is 5.75 Å². The van der Waals surface area contributed by atoms with Gasteiger partial charge in [0.25, 0.3) is 0 Å². The number of aromatic nitrogens is 1. The van der Waals surface area contributed by atoms with E-state index in [1.165, 1.54) is 0 Å². The molecule has 0 amide bonds. The molecule has 2 rings (SSSR count). The fourth-order valence-corrected chi connectivity index (χ4v) is 1.80. The van der Waals surface area contributed by atoms with E-state index in [4.69, 9.17) is 4.74 Å². The summed E-state index contributed by atoms with van der Waals surface area (Å²) in [4.78, 5) is 4.34. The Kier molecular flexibility index (Phi) is 4.18. The number of nitrogens with zero attached hydrogens (tertiary/aromatic N) is 1. The predicted octanol–water partition coefficient (Wildman–Crippen LogP) is 3.74. The summed E-state index contributed by atoms with van der Waals surface area (Å²) in [5.41, 5.74) is 2.27. The molecule has 0 bridgehead atoms. The third-order valence-electron chi connectivity index (χ3n) is 2.93. The average molecular weight is 254 g/mol. The Hall–Kier alpha value is -2.29. The zero-order valence-corrected chi connectivity index (χ0v) is 11.3. The van der Waals surface area contributed by atoms with Crippen LogP contribution in [0.4, 0.5) is 5.82 Å². The summed E-state index contributed by atoms with van der Waals surface area (Å²) in [5, 5.41) is 3.34. The van der Waals surface area contributed by atoms with E-state index < -0.39 is 0 Å². The number of anilines is 1. The first-order chi connectivity index (χ1) is 9.22. The largest absolute Gasteiger partial charge is 0.497 e. The molecule has 0 spiro atoms. The molecule has 2 aromatic rings. The molecule has 1 aromatic heterocycles. The van der Waals surface area contributed by atoms with E-state index in [-0.39, 0.29) is 6.04 Å². The zero-order valence-electron chi connectivity index (χ0n) is 11.3. The van der Waals surface area contributed by atoms with Gasteiger partial charge in [-0.3, -0.25) is 0 Å². The van der Waals surface area contributed by atoms with Gasteiger partial charge in [-0.1, -0.05) is 24.3 Å². The second-order valence-electron chi connectivity index (χ2n) is 4.35. The number of rotatable bonds is 5. The van der Waals surface area contributed by atoms with E-state index >= 15 is 0 Å². The second kappa shape index (κ2) is 6.05. The minimum atomic E-state index is 0.0288. The van der Waals surface area contributed by atoms with Gasteiger partial charge in [-0.15, -0.1) is 6.58 Å². The molecule has 1 atom stereocenters. The molecule has 1 heterocycles. The van der Waals surface area contributed by atoms with Crippen molar-refractivity contribution in [1.29, 1.82) is 0 Å². The first-order valence-corrected chi connectivity index (χ1v) is 6.18. The number of hydrogen-bond acceptors (Lipinski definition) is 3. The molecule has 0 saturated carbocycles. The van der Waals surface area contributed by atoms with Crippen molar-refractivity contribution >= 4 is 5.82 Å². The highest BCUT2D eigenvalue weighted by molar-refractivity contribution is 5.42. The minimum Gasteiger partial charge on any atom is -0.497 e. The standard InChI is InChI=1S/C16H18N2O/c1-4-15(13-6-8-14(19-3)9-7-13)18-16-10-5-12(2)11-17-16/h4-11,15H,1H2,2-3H3,(H,17,18). The van der Waals surface area contributed by atoms with E-state index in [0.29, 0.717) is 0 Å². The molecular weight excluding hydrogens is 236 g/mol. The topological polar surface area (TPSA) is 34.2 Å². The van der Waals surface area contributed by atoms with Gasteiger partial charge in [0.1, 0.15) is 11.6 Å². The van der Waals surface area contributed by atoms with Crippen LogP contribution >= 0.6 is 0 Å². The van der Waals surface area contributed by atoms with Crippen LogP contribution < -0.4 is 10.1 Å². The van der Waals surface area contributed by atoms with Gasteiger partial charge in [-0.05, 0) is 36.2 Å². The smallest absolute Gasteiger partial charge is 0.126 e. The Morgan fingerprint density at radius 2 is 1.95 bits per heavy atom. The SMILES string of the molecule is C=CC(Nc1ccc(C)cn1)c1ccc(OC)cc1. The highest BCUT2D eigenvalue weighted by Crippen LogP contribution is 2.21. The number of nitrogens with one attached hydrogen (secondary N) is 1. The van der Waals surface area contributed by atoms with Crippen molar-refractivity contribution < 1.29 is 4.74 Å². The van der Waals surface area contributed by atoms with E-state index in [0.717, 1.165) is 22.7 Å². The van der Waals surface area contributed by atoms with Crippen molar-refractivity contribution in [2.45, 2.75) is 13.0 Å². The number of pyridine rings is 1. The van der Waals surface area contributed by atoms with Gasteiger partial charge in [0, 0.05) is 6.20 Å². The van der Waals surface area contributed by atoms with E-state index in [9.17, 15) is 0 Å². The highest BCUT2D eigenvalue weighted by atomic mass is 16.5. The molecule has 3 heteroatoms. The minimum absolute atomic E-state index is 0.0288. The summed E-state index contributed by atoms with van der Waals surface area (Å²) >= 11 is 0. The summed E-state index contributed by atoms with van der Waals surface area (Å²) in [5.74, 6) is 1.69. The molecule has 3 nitrogen and oxygen atoms in total. The number of hydrogen-bond donors (Lipinski definition) is 1. The summed E-state index contributed by atoms with van der Waals surface area (Å²) in [7, 11) is 1.66. The normalized spacial score (nSPS) is 11.7. The molecule has 1 aromatic carbocycles. The van der Waals surface area contributed by atoms with Crippen LogP contribution in [-0.2, 0) is 0 Å². The van der Waals surface area contributed by atoms with Crippen LogP contribution in [0.15, 0.2) is 55.3 Å². The Bertz CT molecular complexity index is 532. The third-order valence-corrected chi connectivity index (χ3v) is 2.93.